The zero-order valence-electron chi connectivity index (χ0n) is 13.3. The van der Waals surface area contributed by atoms with E-state index in [1.165, 1.54) is 0 Å². The molecular formula is C17H22N4O2. The molecule has 0 bridgehead atoms. The van der Waals surface area contributed by atoms with Crippen LogP contribution < -0.4 is 16.0 Å². The predicted octanol–water partition coefficient (Wildman–Crippen LogP) is 1.33. The first-order chi connectivity index (χ1) is 11.2. The molecule has 0 spiro atoms. The van der Waals surface area contributed by atoms with Crippen LogP contribution in [-0.2, 0) is 16.1 Å². The number of rotatable bonds is 4. The summed E-state index contributed by atoms with van der Waals surface area (Å²) in [6, 6.07) is 7.77. The molecule has 0 radical (unpaired) electrons. The maximum absolute atomic E-state index is 12.3. The summed E-state index contributed by atoms with van der Waals surface area (Å²) in [6.07, 6.45) is 3.64. The fraction of sp³-hybridized carbons (Fsp3) is 0.412. The number of carbonyl (C=O) groups is 2. The van der Waals surface area contributed by atoms with Gasteiger partial charge in [-0.3, -0.25) is 9.59 Å². The Morgan fingerprint density at radius 1 is 1.26 bits per heavy atom. The smallest absolute Gasteiger partial charge is 0.239 e. The fourth-order valence-electron chi connectivity index (χ4n) is 2.96. The molecule has 0 unspecified atom stereocenters. The highest BCUT2D eigenvalue weighted by Gasteiger charge is 2.21. The molecule has 0 atom stereocenters. The minimum atomic E-state index is -0.0494. The maximum atomic E-state index is 12.3. The number of aromatic nitrogens is 1. The zero-order chi connectivity index (χ0) is 16.2. The van der Waals surface area contributed by atoms with E-state index in [4.69, 9.17) is 0 Å². The van der Waals surface area contributed by atoms with Gasteiger partial charge in [-0.05, 0) is 49.5 Å². The summed E-state index contributed by atoms with van der Waals surface area (Å²) < 4.78 is 1.88. The summed E-state index contributed by atoms with van der Waals surface area (Å²) in [4.78, 5) is 23.9. The minimum Gasteiger partial charge on any atom is -0.358 e. The van der Waals surface area contributed by atoms with Crippen LogP contribution in [0.2, 0.25) is 0 Å². The van der Waals surface area contributed by atoms with Gasteiger partial charge in [-0.2, -0.15) is 0 Å². The number of likely N-dealkylation sites (N-methyl/N-ethyl adjacent to an activating group) is 1. The van der Waals surface area contributed by atoms with Crippen molar-refractivity contribution in [1.29, 1.82) is 0 Å². The van der Waals surface area contributed by atoms with E-state index in [1.54, 1.807) is 7.05 Å². The van der Waals surface area contributed by atoms with Crippen LogP contribution in [0.4, 0.5) is 5.69 Å². The fourth-order valence-corrected chi connectivity index (χ4v) is 2.96. The van der Waals surface area contributed by atoms with Gasteiger partial charge in [0.15, 0.2) is 0 Å². The number of piperidine rings is 1. The van der Waals surface area contributed by atoms with E-state index in [2.05, 4.69) is 16.0 Å². The number of benzene rings is 1. The van der Waals surface area contributed by atoms with Crippen LogP contribution in [0.3, 0.4) is 0 Å². The summed E-state index contributed by atoms with van der Waals surface area (Å²) >= 11 is 0. The van der Waals surface area contributed by atoms with Gasteiger partial charge in [-0.1, -0.05) is 6.07 Å². The van der Waals surface area contributed by atoms with Crippen molar-refractivity contribution in [2.45, 2.75) is 19.4 Å². The van der Waals surface area contributed by atoms with Crippen LogP contribution in [0.5, 0.6) is 0 Å². The van der Waals surface area contributed by atoms with Gasteiger partial charge in [0, 0.05) is 24.8 Å². The highest BCUT2D eigenvalue weighted by molar-refractivity contribution is 5.95. The van der Waals surface area contributed by atoms with Crippen molar-refractivity contribution < 1.29 is 9.59 Å². The lowest BCUT2D eigenvalue weighted by molar-refractivity contribution is -0.121. The molecule has 1 fully saturated rings. The van der Waals surface area contributed by atoms with Crippen LogP contribution in [0, 0.1) is 5.92 Å². The molecule has 2 heterocycles. The largest absolute Gasteiger partial charge is 0.358 e. The van der Waals surface area contributed by atoms with Gasteiger partial charge in [0.25, 0.3) is 0 Å². The first-order valence-corrected chi connectivity index (χ1v) is 7.98. The minimum absolute atomic E-state index is 0.0494. The number of carbonyl (C=O) groups excluding carboxylic acids is 2. The molecule has 3 N–H and O–H groups in total. The second-order valence-corrected chi connectivity index (χ2v) is 5.90. The van der Waals surface area contributed by atoms with E-state index in [0.29, 0.717) is 0 Å². The number of nitrogens with one attached hydrogen (secondary N) is 3. The van der Waals surface area contributed by atoms with Crippen LogP contribution >= 0.6 is 0 Å². The Morgan fingerprint density at radius 3 is 2.78 bits per heavy atom. The zero-order valence-corrected chi connectivity index (χ0v) is 13.3. The highest BCUT2D eigenvalue weighted by atomic mass is 16.2. The first-order valence-electron chi connectivity index (χ1n) is 7.98. The van der Waals surface area contributed by atoms with Gasteiger partial charge in [0.2, 0.25) is 11.8 Å². The van der Waals surface area contributed by atoms with Crippen molar-refractivity contribution in [2.24, 2.45) is 5.92 Å². The van der Waals surface area contributed by atoms with E-state index in [0.717, 1.165) is 42.5 Å². The second kappa shape index (κ2) is 6.83. The van der Waals surface area contributed by atoms with Gasteiger partial charge in [0.1, 0.15) is 6.54 Å². The van der Waals surface area contributed by atoms with E-state index in [9.17, 15) is 9.59 Å². The number of hydrogen-bond acceptors (Lipinski definition) is 3. The highest BCUT2D eigenvalue weighted by Crippen LogP contribution is 2.22. The standard InChI is InChI=1S/C17H22N4O2/c1-18-16(22)11-21-9-6-12-2-3-14(10-15(12)21)20-17(23)13-4-7-19-8-5-13/h2-3,6,9-10,13,19H,4-5,7-8,11H2,1H3,(H,18,22)(H,20,23). The summed E-state index contributed by atoms with van der Waals surface area (Å²) in [7, 11) is 1.62. The molecule has 3 rings (SSSR count). The topological polar surface area (TPSA) is 75.2 Å². The Kier molecular flexibility index (Phi) is 4.62. The Morgan fingerprint density at radius 2 is 2.04 bits per heavy atom. The Bertz CT molecular complexity index is 716. The Hall–Kier alpha value is -2.34. The summed E-state index contributed by atoms with van der Waals surface area (Å²) in [5.41, 5.74) is 1.72. The molecule has 1 aromatic heterocycles. The number of nitrogens with zero attached hydrogens (tertiary/aromatic N) is 1. The molecule has 1 saturated heterocycles. The molecule has 122 valence electrons. The maximum Gasteiger partial charge on any atom is 0.239 e. The average Bonchev–Trinajstić information content (AvgIpc) is 2.98. The second-order valence-electron chi connectivity index (χ2n) is 5.90. The first kappa shape index (κ1) is 15.6. The third-order valence-corrected chi connectivity index (χ3v) is 4.34. The van der Waals surface area contributed by atoms with E-state index in [1.807, 2.05) is 35.0 Å². The summed E-state index contributed by atoms with van der Waals surface area (Å²) in [6.45, 7) is 2.06. The lowest BCUT2D eigenvalue weighted by Crippen LogP contribution is -2.34. The monoisotopic (exact) mass is 314 g/mol. The third kappa shape index (κ3) is 3.53. The summed E-state index contributed by atoms with van der Waals surface area (Å²) in [5.74, 6) is 0.103. The van der Waals surface area contributed by atoms with E-state index in [-0.39, 0.29) is 24.3 Å². The van der Waals surface area contributed by atoms with Crippen molar-refractivity contribution in [3.05, 3.63) is 30.5 Å². The number of fused-ring (bicyclic) bond motifs is 1. The molecule has 6 nitrogen and oxygen atoms in total. The van der Waals surface area contributed by atoms with Gasteiger partial charge in [-0.15, -0.1) is 0 Å². The van der Waals surface area contributed by atoms with Crippen molar-refractivity contribution in [3.63, 3.8) is 0 Å². The van der Waals surface area contributed by atoms with Gasteiger partial charge in [-0.25, -0.2) is 0 Å². The van der Waals surface area contributed by atoms with Crippen molar-refractivity contribution >= 4 is 28.4 Å². The van der Waals surface area contributed by atoms with Crippen molar-refractivity contribution in [1.82, 2.24) is 15.2 Å². The van der Waals surface area contributed by atoms with Crippen molar-refractivity contribution in [2.75, 3.05) is 25.5 Å². The van der Waals surface area contributed by atoms with E-state index >= 15 is 0 Å². The molecule has 6 heteroatoms. The van der Waals surface area contributed by atoms with Gasteiger partial charge >= 0.3 is 0 Å². The SMILES string of the molecule is CNC(=O)Cn1ccc2ccc(NC(=O)C3CCNCC3)cc21. The van der Waals surface area contributed by atoms with Crippen LogP contribution in [0.1, 0.15) is 12.8 Å². The Labute approximate surface area is 135 Å². The molecule has 0 saturated carbocycles. The number of anilines is 1. The number of amides is 2. The van der Waals surface area contributed by atoms with Gasteiger partial charge in [0.05, 0.1) is 5.52 Å². The lowest BCUT2D eigenvalue weighted by atomic mass is 9.97. The molecule has 23 heavy (non-hydrogen) atoms. The molecule has 2 amide bonds. The molecule has 2 aromatic rings. The van der Waals surface area contributed by atoms with Gasteiger partial charge < -0.3 is 20.5 Å². The van der Waals surface area contributed by atoms with Crippen molar-refractivity contribution in [3.8, 4) is 0 Å². The van der Waals surface area contributed by atoms with Crippen LogP contribution in [0.15, 0.2) is 30.5 Å². The molecule has 0 aliphatic carbocycles. The lowest BCUT2D eigenvalue weighted by Gasteiger charge is -2.21. The van der Waals surface area contributed by atoms with Crippen LogP contribution in [-0.4, -0.2) is 36.5 Å². The average molecular weight is 314 g/mol. The number of hydrogen-bond donors (Lipinski definition) is 3. The molecular weight excluding hydrogens is 292 g/mol. The normalized spacial score (nSPS) is 15.5. The summed E-state index contributed by atoms with van der Waals surface area (Å²) in [5, 5.41) is 9.94. The third-order valence-electron chi connectivity index (χ3n) is 4.34. The molecule has 1 aliphatic rings. The Balaban J connectivity index is 1.77. The molecule has 1 aromatic carbocycles. The predicted molar refractivity (Wildman–Crippen MR) is 90.2 cm³/mol. The van der Waals surface area contributed by atoms with E-state index < -0.39 is 0 Å². The molecule has 1 aliphatic heterocycles. The quantitative estimate of drug-likeness (QED) is 0.797. The van der Waals surface area contributed by atoms with Crippen LogP contribution in [0.25, 0.3) is 10.9 Å².